The number of rotatable bonds is 0. The topological polar surface area (TPSA) is 17.3 Å². The zero-order valence-electron chi connectivity index (χ0n) is 6.38. The highest BCUT2D eigenvalue weighted by Gasteiger charge is 2.03. The Bertz CT molecular complexity index is 434. The Morgan fingerprint density at radius 3 is 2.92 bits per heavy atom. The molecule has 12 heavy (non-hydrogen) atoms. The monoisotopic (exact) mass is 288 g/mol. The van der Waals surface area contributed by atoms with Gasteiger partial charge in [-0.1, -0.05) is 0 Å². The van der Waals surface area contributed by atoms with Crippen molar-refractivity contribution < 1.29 is 0 Å². The minimum atomic E-state index is 0.974. The van der Waals surface area contributed by atoms with Crippen LogP contribution < -0.4 is 0 Å². The SMILES string of the molecule is Cc1cc(Br)cn2c(Br)cnc12. The molecular weight excluding hydrogens is 284 g/mol. The summed E-state index contributed by atoms with van der Waals surface area (Å²) < 4.78 is 4.03. The predicted octanol–water partition coefficient (Wildman–Crippen LogP) is 3.17. The Morgan fingerprint density at radius 2 is 2.17 bits per heavy atom. The molecule has 0 aliphatic carbocycles. The summed E-state index contributed by atoms with van der Waals surface area (Å²) in [5, 5.41) is 0. The number of aryl methyl sites for hydroxylation is 1. The highest BCUT2D eigenvalue weighted by Crippen LogP contribution is 2.20. The van der Waals surface area contributed by atoms with Gasteiger partial charge in [-0.3, -0.25) is 4.40 Å². The first-order valence-electron chi connectivity index (χ1n) is 3.47. The van der Waals surface area contributed by atoms with Gasteiger partial charge < -0.3 is 0 Å². The minimum Gasteiger partial charge on any atom is -0.293 e. The van der Waals surface area contributed by atoms with E-state index < -0.39 is 0 Å². The van der Waals surface area contributed by atoms with Crippen LogP contribution >= 0.6 is 31.9 Å². The van der Waals surface area contributed by atoms with Gasteiger partial charge in [0.2, 0.25) is 0 Å². The fourth-order valence-corrected chi connectivity index (χ4v) is 2.11. The van der Waals surface area contributed by atoms with Crippen molar-refractivity contribution in [1.82, 2.24) is 9.38 Å². The first-order valence-corrected chi connectivity index (χ1v) is 5.06. The molecule has 62 valence electrons. The molecule has 0 radical (unpaired) electrons. The van der Waals surface area contributed by atoms with Crippen LogP contribution in [0.1, 0.15) is 5.56 Å². The highest BCUT2D eigenvalue weighted by molar-refractivity contribution is 9.10. The highest BCUT2D eigenvalue weighted by atomic mass is 79.9. The number of imidazole rings is 1. The van der Waals surface area contributed by atoms with E-state index in [1.807, 2.05) is 17.5 Å². The van der Waals surface area contributed by atoms with Gasteiger partial charge in [0, 0.05) is 10.7 Å². The first-order chi connectivity index (χ1) is 5.68. The molecule has 0 amide bonds. The molecule has 0 atom stereocenters. The van der Waals surface area contributed by atoms with Crippen LogP contribution in [0.25, 0.3) is 5.65 Å². The maximum absolute atomic E-state index is 4.25. The van der Waals surface area contributed by atoms with Gasteiger partial charge in [0.15, 0.2) is 0 Å². The Balaban J connectivity index is 2.92. The van der Waals surface area contributed by atoms with Crippen LogP contribution in [0.2, 0.25) is 0 Å². The lowest BCUT2D eigenvalue weighted by atomic mass is 10.3. The van der Waals surface area contributed by atoms with Crippen molar-refractivity contribution in [3.63, 3.8) is 0 Å². The Hall–Kier alpha value is -0.350. The zero-order chi connectivity index (χ0) is 8.72. The lowest BCUT2D eigenvalue weighted by molar-refractivity contribution is 1.12. The zero-order valence-corrected chi connectivity index (χ0v) is 9.55. The summed E-state index contributed by atoms with van der Waals surface area (Å²) in [6, 6.07) is 2.05. The second kappa shape index (κ2) is 2.85. The molecule has 0 bridgehead atoms. The van der Waals surface area contributed by atoms with Crippen LogP contribution in [0.5, 0.6) is 0 Å². The Kier molecular flexibility index (Phi) is 1.96. The van der Waals surface area contributed by atoms with Crippen LogP contribution in [-0.2, 0) is 0 Å². The van der Waals surface area contributed by atoms with Gasteiger partial charge in [0.1, 0.15) is 10.3 Å². The summed E-state index contributed by atoms with van der Waals surface area (Å²) in [5.41, 5.74) is 2.15. The third kappa shape index (κ3) is 1.19. The van der Waals surface area contributed by atoms with E-state index in [1.165, 1.54) is 0 Å². The quantitative estimate of drug-likeness (QED) is 0.728. The normalized spacial score (nSPS) is 10.9. The average molecular weight is 290 g/mol. The smallest absolute Gasteiger partial charge is 0.140 e. The number of aromatic nitrogens is 2. The van der Waals surface area contributed by atoms with Crippen LogP contribution in [0.3, 0.4) is 0 Å². The first kappa shape index (κ1) is 8.26. The largest absolute Gasteiger partial charge is 0.293 e. The number of halogens is 2. The van der Waals surface area contributed by atoms with Crippen LogP contribution in [0.15, 0.2) is 27.5 Å². The molecule has 0 saturated carbocycles. The van der Waals surface area contributed by atoms with E-state index in [0.717, 1.165) is 20.3 Å². The van der Waals surface area contributed by atoms with E-state index in [0.29, 0.717) is 0 Å². The minimum absolute atomic E-state index is 0.974. The summed E-state index contributed by atoms with van der Waals surface area (Å²) in [4.78, 5) is 4.25. The van der Waals surface area contributed by atoms with E-state index in [1.54, 1.807) is 6.20 Å². The molecule has 0 aliphatic heterocycles. The Labute approximate surface area is 86.9 Å². The molecule has 0 saturated heterocycles. The molecule has 2 nitrogen and oxygen atoms in total. The summed E-state index contributed by atoms with van der Waals surface area (Å²) in [6.07, 6.45) is 3.79. The third-order valence-corrected chi connectivity index (χ3v) is 2.73. The molecule has 0 aromatic carbocycles. The lowest BCUT2D eigenvalue weighted by Gasteiger charge is -1.99. The maximum Gasteiger partial charge on any atom is 0.140 e. The van der Waals surface area contributed by atoms with E-state index in [2.05, 4.69) is 42.9 Å². The summed E-state index contributed by atoms with van der Waals surface area (Å²) in [7, 11) is 0. The number of hydrogen-bond donors (Lipinski definition) is 0. The molecule has 0 unspecified atom stereocenters. The van der Waals surface area contributed by atoms with Gasteiger partial charge in [-0.25, -0.2) is 4.98 Å². The molecule has 4 heteroatoms. The van der Waals surface area contributed by atoms with Crippen molar-refractivity contribution in [2.24, 2.45) is 0 Å². The van der Waals surface area contributed by atoms with E-state index in [9.17, 15) is 0 Å². The van der Waals surface area contributed by atoms with Gasteiger partial charge in [-0.05, 0) is 50.4 Å². The molecule has 2 aromatic heterocycles. The van der Waals surface area contributed by atoms with Crippen molar-refractivity contribution in [3.05, 3.63) is 33.1 Å². The fraction of sp³-hybridized carbons (Fsp3) is 0.125. The van der Waals surface area contributed by atoms with Gasteiger partial charge in [0.05, 0.1) is 6.20 Å². The summed E-state index contributed by atoms with van der Waals surface area (Å²) in [5.74, 6) is 0. The van der Waals surface area contributed by atoms with Crippen molar-refractivity contribution in [3.8, 4) is 0 Å². The van der Waals surface area contributed by atoms with Crippen molar-refractivity contribution in [1.29, 1.82) is 0 Å². The fourth-order valence-electron chi connectivity index (χ4n) is 1.19. The molecule has 0 spiro atoms. The van der Waals surface area contributed by atoms with E-state index >= 15 is 0 Å². The molecule has 0 aliphatic rings. The number of hydrogen-bond acceptors (Lipinski definition) is 1. The molecule has 0 N–H and O–H groups in total. The average Bonchev–Trinajstić information content (AvgIpc) is 2.33. The van der Waals surface area contributed by atoms with Crippen LogP contribution in [0, 0.1) is 6.92 Å². The van der Waals surface area contributed by atoms with Crippen molar-refractivity contribution >= 4 is 37.5 Å². The molecule has 2 heterocycles. The molecule has 2 rings (SSSR count). The van der Waals surface area contributed by atoms with Crippen molar-refractivity contribution in [2.75, 3.05) is 0 Å². The molecular formula is C8H6Br2N2. The summed E-state index contributed by atoms with van der Waals surface area (Å²) in [6.45, 7) is 2.04. The van der Waals surface area contributed by atoms with Gasteiger partial charge >= 0.3 is 0 Å². The Morgan fingerprint density at radius 1 is 1.42 bits per heavy atom. The van der Waals surface area contributed by atoms with Crippen LogP contribution in [0.4, 0.5) is 0 Å². The second-order valence-corrected chi connectivity index (χ2v) is 4.34. The third-order valence-electron chi connectivity index (χ3n) is 1.71. The van der Waals surface area contributed by atoms with Crippen LogP contribution in [-0.4, -0.2) is 9.38 Å². The standard InChI is InChI=1S/C8H6Br2N2/c1-5-2-6(9)4-12-7(10)3-11-8(5)12/h2-4H,1H3. The van der Waals surface area contributed by atoms with E-state index in [-0.39, 0.29) is 0 Å². The maximum atomic E-state index is 4.25. The van der Waals surface area contributed by atoms with Gasteiger partial charge in [-0.15, -0.1) is 0 Å². The number of fused-ring (bicyclic) bond motifs is 1. The summed E-state index contributed by atoms with van der Waals surface area (Å²) >= 11 is 6.85. The second-order valence-electron chi connectivity index (χ2n) is 2.62. The van der Waals surface area contributed by atoms with E-state index in [4.69, 9.17) is 0 Å². The predicted molar refractivity (Wildman–Crippen MR) is 55.3 cm³/mol. The number of nitrogens with zero attached hydrogens (tertiary/aromatic N) is 2. The number of pyridine rings is 1. The van der Waals surface area contributed by atoms with Crippen molar-refractivity contribution in [2.45, 2.75) is 6.92 Å². The molecule has 2 aromatic rings. The van der Waals surface area contributed by atoms with Gasteiger partial charge in [0.25, 0.3) is 0 Å². The lowest BCUT2D eigenvalue weighted by Crippen LogP contribution is -1.87. The molecule has 0 fully saturated rings. The van der Waals surface area contributed by atoms with Gasteiger partial charge in [-0.2, -0.15) is 0 Å².